The van der Waals surface area contributed by atoms with Gasteiger partial charge in [-0.2, -0.15) is 0 Å². The molecule has 0 unspecified atom stereocenters. The van der Waals surface area contributed by atoms with Crippen LogP contribution >= 0.6 is 0 Å². The Morgan fingerprint density at radius 2 is 1.67 bits per heavy atom. The van der Waals surface area contributed by atoms with E-state index >= 15 is 0 Å². The molecule has 0 rings (SSSR count). The molecule has 0 atom stereocenters. The minimum atomic E-state index is -0.723. The van der Waals surface area contributed by atoms with Crippen LogP contribution in [0, 0.1) is 0 Å². The van der Waals surface area contributed by atoms with E-state index in [1.54, 1.807) is 6.08 Å². The van der Waals surface area contributed by atoms with Crippen molar-refractivity contribution in [2.24, 2.45) is 5.73 Å². The Morgan fingerprint density at radius 3 is 2.27 bits per heavy atom. The molecule has 0 aromatic carbocycles. The van der Waals surface area contributed by atoms with Crippen LogP contribution in [0.1, 0.15) is 44.9 Å². The fraction of sp³-hybridized carbons (Fsp3) is 0.636. The number of nitrogens with two attached hydrogens (primary N) is 1. The van der Waals surface area contributed by atoms with Crippen LogP contribution in [-0.2, 0) is 9.59 Å². The number of carboxylic acids is 1. The molecule has 0 bridgehead atoms. The molecule has 0 aliphatic heterocycles. The van der Waals surface area contributed by atoms with E-state index in [0.29, 0.717) is 0 Å². The molecule has 0 spiro atoms. The molecule has 0 fully saturated rings. The number of amides is 1. The summed E-state index contributed by atoms with van der Waals surface area (Å²) in [4.78, 5) is 20.5. The number of carbonyl (C=O) groups excluding carboxylic acids is 1. The molecule has 0 aliphatic rings. The van der Waals surface area contributed by atoms with Crippen molar-refractivity contribution in [2.75, 3.05) is 0 Å². The molecular weight excluding hydrogens is 194 g/mol. The molecule has 4 nitrogen and oxygen atoms in total. The monoisotopic (exact) mass is 213 g/mol. The van der Waals surface area contributed by atoms with Crippen molar-refractivity contribution >= 4 is 11.9 Å². The Kier molecular flexibility index (Phi) is 8.43. The summed E-state index contributed by atoms with van der Waals surface area (Å²) in [6.45, 7) is 0. The van der Waals surface area contributed by atoms with Crippen LogP contribution in [0.5, 0.6) is 0 Å². The van der Waals surface area contributed by atoms with Gasteiger partial charge in [-0.05, 0) is 25.3 Å². The zero-order valence-corrected chi connectivity index (χ0v) is 8.95. The van der Waals surface area contributed by atoms with Crippen LogP contribution < -0.4 is 5.73 Å². The number of carbonyl (C=O) groups is 2. The molecule has 0 radical (unpaired) electrons. The number of hydrogen-bond acceptors (Lipinski definition) is 2. The highest BCUT2D eigenvalue weighted by Gasteiger charge is 1.95. The van der Waals surface area contributed by atoms with Gasteiger partial charge >= 0.3 is 5.97 Å². The lowest BCUT2D eigenvalue weighted by Crippen LogP contribution is -2.05. The fourth-order valence-corrected chi connectivity index (χ4v) is 1.27. The first-order chi connectivity index (χ1) is 7.13. The van der Waals surface area contributed by atoms with Crippen molar-refractivity contribution in [1.82, 2.24) is 0 Å². The average molecular weight is 213 g/mol. The van der Waals surface area contributed by atoms with E-state index in [9.17, 15) is 9.59 Å². The largest absolute Gasteiger partial charge is 0.481 e. The minimum Gasteiger partial charge on any atom is -0.481 e. The summed E-state index contributed by atoms with van der Waals surface area (Å²) in [7, 11) is 0. The zero-order chi connectivity index (χ0) is 11.5. The molecular formula is C11H19NO3. The topological polar surface area (TPSA) is 80.4 Å². The van der Waals surface area contributed by atoms with Crippen LogP contribution in [0.3, 0.4) is 0 Å². The van der Waals surface area contributed by atoms with Crippen LogP contribution in [0.15, 0.2) is 12.2 Å². The van der Waals surface area contributed by atoms with Crippen LogP contribution in [0.4, 0.5) is 0 Å². The molecule has 3 N–H and O–H groups in total. The van der Waals surface area contributed by atoms with E-state index in [1.165, 1.54) is 6.08 Å². The van der Waals surface area contributed by atoms with Gasteiger partial charge in [0.15, 0.2) is 0 Å². The van der Waals surface area contributed by atoms with E-state index in [-0.39, 0.29) is 6.42 Å². The second kappa shape index (κ2) is 9.24. The first-order valence-corrected chi connectivity index (χ1v) is 5.30. The SMILES string of the molecule is NC(=O)/C=C/CCCCCCCC(=O)O. The van der Waals surface area contributed by atoms with E-state index in [0.717, 1.165) is 38.5 Å². The molecule has 0 saturated carbocycles. The van der Waals surface area contributed by atoms with Crippen molar-refractivity contribution in [3.05, 3.63) is 12.2 Å². The summed E-state index contributed by atoms with van der Waals surface area (Å²) in [5.41, 5.74) is 4.92. The van der Waals surface area contributed by atoms with Gasteiger partial charge in [0.2, 0.25) is 5.91 Å². The number of aliphatic carboxylic acids is 1. The minimum absolute atomic E-state index is 0.265. The van der Waals surface area contributed by atoms with Crippen LogP contribution in [-0.4, -0.2) is 17.0 Å². The lowest BCUT2D eigenvalue weighted by Gasteiger charge is -1.97. The Labute approximate surface area is 90.2 Å². The van der Waals surface area contributed by atoms with Gasteiger partial charge in [0.25, 0.3) is 0 Å². The smallest absolute Gasteiger partial charge is 0.303 e. The number of unbranched alkanes of at least 4 members (excludes halogenated alkanes) is 5. The van der Waals surface area contributed by atoms with Crippen LogP contribution in [0.25, 0.3) is 0 Å². The number of rotatable bonds is 9. The normalized spacial score (nSPS) is 10.7. The molecule has 0 aliphatic carbocycles. The number of hydrogen-bond donors (Lipinski definition) is 2. The lowest BCUT2D eigenvalue weighted by molar-refractivity contribution is -0.137. The molecule has 4 heteroatoms. The van der Waals surface area contributed by atoms with Gasteiger partial charge < -0.3 is 10.8 Å². The highest BCUT2D eigenvalue weighted by molar-refractivity contribution is 5.85. The predicted octanol–water partition coefficient (Wildman–Crippen LogP) is 1.84. The van der Waals surface area contributed by atoms with Crippen molar-refractivity contribution in [3.8, 4) is 0 Å². The van der Waals surface area contributed by atoms with Gasteiger partial charge in [-0.3, -0.25) is 9.59 Å². The van der Waals surface area contributed by atoms with Gasteiger partial charge in [0.05, 0.1) is 0 Å². The van der Waals surface area contributed by atoms with E-state index in [1.807, 2.05) is 0 Å². The number of carboxylic acid groups (broad SMARTS) is 1. The summed E-state index contributed by atoms with van der Waals surface area (Å²) < 4.78 is 0. The zero-order valence-electron chi connectivity index (χ0n) is 8.95. The van der Waals surface area contributed by atoms with E-state index in [4.69, 9.17) is 10.8 Å². The maximum Gasteiger partial charge on any atom is 0.303 e. The van der Waals surface area contributed by atoms with Gasteiger partial charge in [-0.15, -0.1) is 0 Å². The maximum atomic E-state index is 10.3. The quantitative estimate of drug-likeness (QED) is 0.453. The standard InChI is InChI=1S/C11H19NO3/c12-10(13)8-6-4-2-1-3-5-7-9-11(14)15/h6,8H,1-5,7,9H2,(H2,12,13)(H,14,15)/b8-6+. The first kappa shape index (κ1) is 13.7. The van der Waals surface area contributed by atoms with Gasteiger partial charge in [0.1, 0.15) is 0 Å². The van der Waals surface area contributed by atoms with Gasteiger partial charge in [-0.25, -0.2) is 0 Å². The van der Waals surface area contributed by atoms with Crippen molar-refractivity contribution < 1.29 is 14.7 Å². The summed E-state index contributed by atoms with van der Waals surface area (Å²) in [6, 6.07) is 0. The van der Waals surface area contributed by atoms with Crippen LogP contribution in [0.2, 0.25) is 0 Å². The summed E-state index contributed by atoms with van der Waals surface area (Å²) in [6.07, 6.45) is 9.16. The molecule has 0 aromatic heterocycles. The predicted molar refractivity (Wildman–Crippen MR) is 58.3 cm³/mol. The number of primary amides is 1. The van der Waals surface area contributed by atoms with E-state index < -0.39 is 11.9 Å². The molecule has 0 saturated heterocycles. The second-order valence-electron chi connectivity index (χ2n) is 3.50. The summed E-state index contributed by atoms with van der Waals surface area (Å²) in [5.74, 6) is -1.13. The Balaban J connectivity index is 3.11. The van der Waals surface area contributed by atoms with E-state index in [2.05, 4.69) is 0 Å². The fourth-order valence-electron chi connectivity index (χ4n) is 1.27. The molecule has 0 heterocycles. The lowest BCUT2D eigenvalue weighted by atomic mass is 10.1. The second-order valence-corrected chi connectivity index (χ2v) is 3.50. The Bertz CT molecular complexity index is 224. The van der Waals surface area contributed by atoms with Gasteiger partial charge in [-0.1, -0.05) is 25.3 Å². The first-order valence-electron chi connectivity index (χ1n) is 5.30. The van der Waals surface area contributed by atoms with Crippen molar-refractivity contribution in [3.63, 3.8) is 0 Å². The molecule has 1 amide bonds. The highest BCUT2D eigenvalue weighted by atomic mass is 16.4. The third-order valence-corrected chi connectivity index (χ3v) is 2.04. The average Bonchev–Trinajstić information content (AvgIpc) is 2.14. The van der Waals surface area contributed by atoms with Crippen molar-refractivity contribution in [1.29, 1.82) is 0 Å². The highest BCUT2D eigenvalue weighted by Crippen LogP contribution is 2.07. The summed E-state index contributed by atoms with van der Waals surface area (Å²) >= 11 is 0. The van der Waals surface area contributed by atoms with Crippen molar-refractivity contribution in [2.45, 2.75) is 44.9 Å². The Hall–Kier alpha value is -1.32. The van der Waals surface area contributed by atoms with Gasteiger partial charge in [0, 0.05) is 6.42 Å². The third kappa shape index (κ3) is 12.7. The summed E-state index contributed by atoms with van der Waals surface area (Å²) in [5, 5.41) is 8.39. The molecule has 86 valence electrons. The third-order valence-electron chi connectivity index (χ3n) is 2.04. The molecule has 15 heavy (non-hydrogen) atoms. The maximum absolute atomic E-state index is 10.3. The number of allylic oxidation sites excluding steroid dienone is 1. The molecule has 0 aromatic rings. The Morgan fingerprint density at radius 1 is 1.07 bits per heavy atom.